The first-order chi connectivity index (χ1) is 12.0. The zero-order valence-electron chi connectivity index (χ0n) is 14.1. The van der Waals surface area contributed by atoms with Crippen molar-refractivity contribution in [3.05, 3.63) is 64.7 Å². The van der Waals surface area contributed by atoms with Crippen LogP contribution in [0, 0.1) is 5.92 Å². The number of hydrogen-bond donors (Lipinski definition) is 2. The molecule has 0 unspecified atom stereocenters. The van der Waals surface area contributed by atoms with Gasteiger partial charge in [0.25, 0.3) is 5.91 Å². The quantitative estimate of drug-likeness (QED) is 0.603. The average Bonchev–Trinajstić information content (AvgIpc) is 2.56. The number of anilines is 1. The van der Waals surface area contributed by atoms with Crippen LogP contribution in [0.25, 0.3) is 0 Å². The molecule has 0 fully saturated rings. The van der Waals surface area contributed by atoms with Gasteiger partial charge in [-0.25, -0.2) is 5.43 Å². The molecule has 0 saturated heterocycles. The number of hydrogen-bond acceptors (Lipinski definition) is 3. The van der Waals surface area contributed by atoms with Crippen molar-refractivity contribution in [2.75, 3.05) is 5.32 Å². The minimum Gasteiger partial charge on any atom is -0.326 e. The van der Waals surface area contributed by atoms with Gasteiger partial charge in [-0.2, -0.15) is 5.10 Å². The van der Waals surface area contributed by atoms with Gasteiger partial charge < -0.3 is 5.32 Å². The molecule has 0 spiro atoms. The van der Waals surface area contributed by atoms with E-state index in [4.69, 9.17) is 11.6 Å². The van der Waals surface area contributed by atoms with Crippen LogP contribution in [-0.2, 0) is 4.79 Å². The normalized spacial score (nSPS) is 10.9. The lowest BCUT2D eigenvalue weighted by Crippen LogP contribution is -2.18. The summed E-state index contributed by atoms with van der Waals surface area (Å²) in [5, 5.41) is 7.26. The van der Waals surface area contributed by atoms with Gasteiger partial charge in [0, 0.05) is 28.3 Å². The van der Waals surface area contributed by atoms with Gasteiger partial charge in [-0.05, 0) is 36.2 Å². The fourth-order valence-electron chi connectivity index (χ4n) is 2.09. The SMILES string of the molecule is CC(C)CC(=O)Nc1ccc(C(=O)NN=Cc2ccccc2Cl)cc1. The molecule has 2 aromatic rings. The summed E-state index contributed by atoms with van der Waals surface area (Å²) in [5.41, 5.74) is 4.26. The number of rotatable bonds is 6. The lowest BCUT2D eigenvalue weighted by Gasteiger charge is -2.07. The number of nitrogens with zero attached hydrogens (tertiary/aromatic N) is 1. The molecule has 130 valence electrons. The van der Waals surface area contributed by atoms with E-state index < -0.39 is 0 Å². The first-order valence-corrected chi connectivity index (χ1v) is 8.31. The van der Waals surface area contributed by atoms with Crippen LogP contribution < -0.4 is 10.7 Å². The zero-order valence-corrected chi connectivity index (χ0v) is 14.9. The van der Waals surface area contributed by atoms with E-state index in [0.717, 1.165) is 0 Å². The number of benzene rings is 2. The van der Waals surface area contributed by atoms with Crippen LogP contribution in [0.5, 0.6) is 0 Å². The number of carbonyl (C=O) groups excluding carboxylic acids is 2. The van der Waals surface area contributed by atoms with E-state index in [9.17, 15) is 9.59 Å². The Kier molecular flexibility index (Phi) is 6.71. The second-order valence-corrected chi connectivity index (χ2v) is 6.35. The van der Waals surface area contributed by atoms with Crippen molar-refractivity contribution in [3.8, 4) is 0 Å². The van der Waals surface area contributed by atoms with Gasteiger partial charge in [0.05, 0.1) is 6.21 Å². The summed E-state index contributed by atoms with van der Waals surface area (Å²) in [6.07, 6.45) is 1.94. The lowest BCUT2D eigenvalue weighted by atomic mass is 10.1. The van der Waals surface area contributed by atoms with E-state index in [1.165, 1.54) is 6.21 Å². The molecule has 2 amide bonds. The van der Waals surface area contributed by atoms with Gasteiger partial charge in [-0.3, -0.25) is 9.59 Å². The van der Waals surface area contributed by atoms with Gasteiger partial charge in [-0.1, -0.05) is 43.6 Å². The van der Waals surface area contributed by atoms with E-state index in [0.29, 0.717) is 34.2 Å². The topological polar surface area (TPSA) is 70.6 Å². The van der Waals surface area contributed by atoms with E-state index in [1.54, 1.807) is 36.4 Å². The predicted molar refractivity (Wildman–Crippen MR) is 101 cm³/mol. The van der Waals surface area contributed by atoms with Gasteiger partial charge in [0.2, 0.25) is 5.91 Å². The van der Waals surface area contributed by atoms with Crippen molar-refractivity contribution in [1.29, 1.82) is 0 Å². The second-order valence-electron chi connectivity index (χ2n) is 5.94. The Morgan fingerprint density at radius 3 is 2.44 bits per heavy atom. The molecule has 5 nitrogen and oxygen atoms in total. The summed E-state index contributed by atoms with van der Waals surface area (Å²) in [4.78, 5) is 23.8. The second kappa shape index (κ2) is 8.99. The third-order valence-electron chi connectivity index (χ3n) is 3.30. The molecule has 0 radical (unpaired) electrons. The first-order valence-electron chi connectivity index (χ1n) is 7.93. The highest BCUT2D eigenvalue weighted by Crippen LogP contribution is 2.13. The summed E-state index contributed by atoms with van der Waals surface area (Å²) in [5.74, 6) is -0.0964. The summed E-state index contributed by atoms with van der Waals surface area (Å²) in [7, 11) is 0. The smallest absolute Gasteiger partial charge is 0.271 e. The Hall–Kier alpha value is -2.66. The highest BCUT2D eigenvalue weighted by Gasteiger charge is 2.07. The van der Waals surface area contributed by atoms with Crippen LogP contribution in [0.4, 0.5) is 5.69 Å². The van der Waals surface area contributed by atoms with Crippen molar-refractivity contribution in [1.82, 2.24) is 5.43 Å². The molecule has 2 rings (SSSR count). The zero-order chi connectivity index (χ0) is 18.2. The van der Waals surface area contributed by atoms with Gasteiger partial charge in [0.1, 0.15) is 0 Å². The fourth-order valence-corrected chi connectivity index (χ4v) is 2.28. The molecular formula is C19H20ClN3O2. The summed E-state index contributed by atoms with van der Waals surface area (Å²) in [6, 6.07) is 13.8. The van der Waals surface area contributed by atoms with E-state index >= 15 is 0 Å². The maximum Gasteiger partial charge on any atom is 0.271 e. The van der Waals surface area contributed by atoms with Crippen LogP contribution in [0.3, 0.4) is 0 Å². The van der Waals surface area contributed by atoms with Crippen LogP contribution in [0.2, 0.25) is 5.02 Å². The Balaban J connectivity index is 1.92. The van der Waals surface area contributed by atoms with E-state index in [-0.39, 0.29) is 11.8 Å². The van der Waals surface area contributed by atoms with Crippen LogP contribution in [0.1, 0.15) is 36.2 Å². The Morgan fingerprint density at radius 1 is 1.12 bits per heavy atom. The lowest BCUT2D eigenvalue weighted by molar-refractivity contribution is -0.116. The van der Waals surface area contributed by atoms with Crippen molar-refractivity contribution in [3.63, 3.8) is 0 Å². The number of hydrazone groups is 1. The Bertz CT molecular complexity index is 770. The van der Waals surface area contributed by atoms with Gasteiger partial charge >= 0.3 is 0 Å². The standard InChI is InChI=1S/C19H20ClN3O2/c1-13(2)11-18(24)22-16-9-7-14(8-10-16)19(25)23-21-12-15-5-3-4-6-17(15)20/h3-10,12-13H,11H2,1-2H3,(H,22,24)(H,23,25). The van der Waals surface area contributed by atoms with Crippen molar-refractivity contribution in [2.45, 2.75) is 20.3 Å². The third kappa shape index (κ3) is 6.04. The summed E-state index contributed by atoms with van der Waals surface area (Å²) >= 11 is 6.01. The number of carbonyl (C=O) groups is 2. The molecule has 25 heavy (non-hydrogen) atoms. The molecular weight excluding hydrogens is 338 g/mol. The number of halogens is 1. The maximum absolute atomic E-state index is 12.1. The molecule has 0 aliphatic rings. The third-order valence-corrected chi connectivity index (χ3v) is 3.64. The maximum atomic E-state index is 12.1. The molecule has 0 aliphatic heterocycles. The molecule has 6 heteroatoms. The van der Waals surface area contributed by atoms with Crippen LogP contribution in [-0.4, -0.2) is 18.0 Å². The average molecular weight is 358 g/mol. The molecule has 0 aromatic heterocycles. The van der Waals surface area contributed by atoms with E-state index in [1.807, 2.05) is 26.0 Å². The number of nitrogens with one attached hydrogen (secondary N) is 2. The van der Waals surface area contributed by atoms with Gasteiger partial charge in [-0.15, -0.1) is 0 Å². The van der Waals surface area contributed by atoms with Crippen LogP contribution >= 0.6 is 11.6 Å². The Morgan fingerprint density at radius 2 is 1.80 bits per heavy atom. The minimum absolute atomic E-state index is 0.0449. The molecule has 0 atom stereocenters. The fraction of sp³-hybridized carbons (Fsp3) is 0.211. The first kappa shape index (κ1) is 18.7. The predicted octanol–water partition coefficient (Wildman–Crippen LogP) is 4.09. The van der Waals surface area contributed by atoms with Gasteiger partial charge in [0.15, 0.2) is 0 Å². The molecule has 0 bridgehead atoms. The molecule has 0 heterocycles. The highest BCUT2D eigenvalue weighted by molar-refractivity contribution is 6.33. The Labute approximate surface area is 152 Å². The van der Waals surface area contributed by atoms with E-state index in [2.05, 4.69) is 15.8 Å². The molecule has 2 aromatic carbocycles. The number of amides is 2. The molecule has 0 saturated carbocycles. The molecule has 2 N–H and O–H groups in total. The highest BCUT2D eigenvalue weighted by atomic mass is 35.5. The summed E-state index contributed by atoms with van der Waals surface area (Å²) in [6.45, 7) is 3.96. The van der Waals surface area contributed by atoms with Crippen molar-refractivity contribution in [2.24, 2.45) is 11.0 Å². The monoisotopic (exact) mass is 357 g/mol. The van der Waals surface area contributed by atoms with Crippen LogP contribution in [0.15, 0.2) is 53.6 Å². The largest absolute Gasteiger partial charge is 0.326 e. The summed E-state index contributed by atoms with van der Waals surface area (Å²) < 4.78 is 0. The van der Waals surface area contributed by atoms with Crippen molar-refractivity contribution >= 4 is 35.3 Å². The van der Waals surface area contributed by atoms with Crippen molar-refractivity contribution < 1.29 is 9.59 Å². The molecule has 0 aliphatic carbocycles. The minimum atomic E-state index is -0.344.